The number of nitrogens with one attached hydrogen (secondary N) is 1. The first-order valence-electron chi connectivity index (χ1n) is 9.89. The van der Waals surface area contributed by atoms with Crippen LogP contribution >= 0.6 is 11.8 Å². The Morgan fingerprint density at radius 1 is 1.12 bits per heavy atom. The van der Waals surface area contributed by atoms with Crippen LogP contribution in [0.1, 0.15) is 16.7 Å². The maximum Gasteiger partial charge on any atom is 0.311 e. The van der Waals surface area contributed by atoms with E-state index < -0.39 is 4.92 Å². The lowest BCUT2D eigenvalue weighted by Crippen LogP contribution is -2.14. The summed E-state index contributed by atoms with van der Waals surface area (Å²) >= 11 is 1.35. The minimum atomic E-state index is -0.491. The molecule has 0 aliphatic carbocycles. The summed E-state index contributed by atoms with van der Waals surface area (Å²) < 4.78 is 10.8. The van der Waals surface area contributed by atoms with Crippen LogP contribution in [0.2, 0.25) is 0 Å². The molecule has 3 rings (SSSR count). The van der Waals surface area contributed by atoms with E-state index in [0.29, 0.717) is 29.4 Å². The highest BCUT2D eigenvalue weighted by molar-refractivity contribution is 7.99. The predicted octanol–water partition coefficient (Wildman–Crippen LogP) is 4.93. The number of ether oxygens (including phenoxy) is 2. The van der Waals surface area contributed by atoms with Crippen molar-refractivity contribution >= 4 is 29.0 Å². The highest BCUT2D eigenvalue weighted by Crippen LogP contribution is 2.29. The van der Waals surface area contributed by atoms with E-state index in [1.807, 2.05) is 6.07 Å². The smallest absolute Gasteiger partial charge is 0.311 e. The van der Waals surface area contributed by atoms with Crippen LogP contribution < -0.4 is 14.8 Å². The van der Waals surface area contributed by atoms with Crippen LogP contribution in [-0.2, 0) is 17.2 Å². The van der Waals surface area contributed by atoms with Gasteiger partial charge in [0.05, 0.1) is 29.4 Å². The van der Waals surface area contributed by atoms with Crippen LogP contribution in [-0.4, -0.2) is 23.7 Å². The van der Waals surface area contributed by atoms with Gasteiger partial charge in [-0.2, -0.15) is 5.26 Å². The van der Waals surface area contributed by atoms with Crippen molar-refractivity contribution in [3.05, 3.63) is 93.5 Å². The van der Waals surface area contributed by atoms with Crippen molar-refractivity contribution in [2.45, 2.75) is 12.4 Å². The Hall–Kier alpha value is -4.03. The summed E-state index contributed by atoms with van der Waals surface area (Å²) in [5.41, 5.74) is 2.67. The summed E-state index contributed by atoms with van der Waals surface area (Å²) in [6.45, 7) is 0.302. The van der Waals surface area contributed by atoms with E-state index in [1.165, 1.54) is 24.9 Å². The molecule has 0 atom stereocenters. The molecule has 0 heterocycles. The number of amides is 1. The van der Waals surface area contributed by atoms with Gasteiger partial charge in [-0.25, -0.2) is 0 Å². The van der Waals surface area contributed by atoms with Gasteiger partial charge >= 0.3 is 5.69 Å². The van der Waals surface area contributed by atoms with E-state index in [-0.39, 0.29) is 23.1 Å². The first-order chi connectivity index (χ1) is 16.0. The zero-order valence-corrected chi connectivity index (χ0v) is 18.6. The maximum absolute atomic E-state index is 12.3. The average molecular weight is 464 g/mol. The third kappa shape index (κ3) is 6.98. The van der Waals surface area contributed by atoms with Crippen molar-refractivity contribution in [1.82, 2.24) is 0 Å². The van der Waals surface area contributed by atoms with Crippen LogP contribution in [0.5, 0.6) is 11.5 Å². The zero-order valence-electron chi connectivity index (χ0n) is 17.8. The SMILES string of the molecule is COc1ccc(CSCC(=O)Nc2cccc(OCc3cccc(C#N)c3)c2)cc1[N+](=O)[O-]. The van der Waals surface area contributed by atoms with Gasteiger partial charge in [-0.1, -0.05) is 24.3 Å². The monoisotopic (exact) mass is 463 g/mol. The molecule has 168 valence electrons. The zero-order chi connectivity index (χ0) is 23.6. The molecule has 3 aromatic carbocycles. The van der Waals surface area contributed by atoms with Gasteiger partial charge in [0.25, 0.3) is 0 Å². The molecule has 1 N–H and O–H groups in total. The van der Waals surface area contributed by atoms with Crippen molar-refractivity contribution in [2.24, 2.45) is 0 Å². The number of nitrogens with zero attached hydrogens (tertiary/aromatic N) is 2. The van der Waals surface area contributed by atoms with Crippen LogP contribution in [0.4, 0.5) is 11.4 Å². The number of nitriles is 1. The summed E-state index contributed by atoms with van der Waals surface area (Å²) in [6.07, 6.45) is 0. The molecule has 0 unspecified atom stereocenters. The lowest BCUT2D eigenvalue weighted by atomic mass is 10.1. The largest absolute Gasteiger partial charge is 0.490 e. The molecule has 9 heteroatoms. The van der Waals surface area contributed by atoms with E-state index >= 15 is 0 Å². The van der Waals surface area contributed by atoms with Gasteiger partial charge in [-0.3, -0.25) is 14.9 Å². The third-order valence-electron chi connectivity index (χ3n) is 4.52. The second-order valence-corrected chi connectivity index (χ2v) is 7.92. The van der Waals surface area contributed by atoms with Gasteiger partial charge in [0.2, 0.25) is 5.91 Å². The number of carbonyl (C=O) groups is 1. The Bertz CT molecular complexity index is 1190. The Labute approximate surface area is 195 Å². The van der Waals surface area contributed by atoms with E-state index in [1.54, 1.807) is 54.6 Å². The van der Waals surface area contributed by atoms with Gasteiger partial charge in [-0.05, 0) is 41.5 Å². The fourth-order valence-electron chi connectivity index (χ4n) is 2.99. The van der Waals surface area contributed by atoms with Crippen molar-refractivity contribution in [3.8, 4) is 17.6 Å². The molecule has 0 saturated heterocycles. The van der Waals surface area contributed by atoms with E-state index in [4.69, 9.17) is 14.7 Å². The molecule has 0 aromatic heterocycles. The fourth-order valence-corrected chi connectivity index (χ4v) is 3.76. The number of carbonyl (C=O) groups excluding carboxylic acids is 1. The molecular weight excluding hydrogens is 442 g/mol. The van der Waals surface area contributed by atoms with E-state index in [0.717, 1.165) is 11.1 Å². The predicted molar refractivity (Wildman–Crippen MR) is 126 cm³/mol. The number of methoxy groups -OCH3 is 1. The molecule has 3 aromatic rings. The highest BCUT2D eigenvalue weighted by atomic mass is 32.2. The Morgan fingerprint density at radius 2 is 1.94 bits per heavy atom. The van der Waals surface area contributed by atoms with Gasteiger partial charge in [-0.15, -0.1) is 11.8 Å². The van der Waals surface area contributed by atoms with Crippen molar-refractivity contribution in [2.75, 3.05) is 18.2 Å². The number of rotatable bonds is 10. The molecule has 0 saturated carbocycles. The minimum absolute atomic E-state index is 0.101. The van der Waals surface area contributed by atoms with Crippen LogP contribution in [0.3, 0.4) is 0 Å². The van der Waals surface area contributed by atoms with Crippen molar-refractivity contribution in [1.29, 1.82) is 5.26 Å². The Balaban J connectivity index is 1.50. The molecule has 0 aliphatic rings. The molecule has 0 bridgehead atoms. The van der Waals surface area contributed by atoms with Gasteiger partial charge in [0.15, 0.2) is 5.75 Å². The average Bonchev–Trinajstić information content (AvgIpc) is 2.83. The first-order valence-corrected chi connectivity index (χ1v) is 11.0. The topological polar surface area (TPSA) is 114 Å². The quantitative estimate of drug-likeness (QED) is 0.335. The molecule has 8 nitrogen and oxygen atoms in total. The third-order valence-corrected chi connectivity index (χ3v) is 5.52. The maximum atomic E-state index is 12.3. The second kappa shape index (κ2) is 11.5. The lowest BCUT2D eigenvalue weighted by molar-refractivity contribution is -0.385. The Kier molecular flexibility index (Phi) is 8.27. The summed E-state index contributed by atoms with van der Waals surface area (Å²) in [7, 11) is 1.38. The van der Waals surface area contributed by atoms with Crippen LogP contribution in [0, 0.1) is 21.4 Å². The van der Waals surface area contributed by atoms with Gasteiger partial charge < -0.3 is 14.8 Å². The number of hydrogen-bond donors (Lipinski definition) is 1. The molecule has 0 aliphatic heterocycles. The number of benzene rings is 3. The standard InChI is InChI=1S/C24H21N3O5S/c1-31-23-9-8-19(11-22(23)27(29)30)15-33-16-24(28)26-20-6-3-7-21(12-20)32-14-18-5-2-4-17(10-18)13-25/h2-12H,14-16H2,1H3,(H,26,28). The van der Waals surface area contributed by atoms with E-state index in [9.17, 15) is 14.9 Å². The summed E-state index contributed by atoms with van der Waals surface area (Å²) in [4.78, 5) is 22.9. The molecule has 0 fully saturated rings. The number of nitro benzene ring substituents is 1. The van der Waals surface area contributed by atoms with Gasteiger partial charge in [0.1, 0.15) is 12.4 Å². The molecule has 33 heavy (non-hydrogen) atoms. The first kappa shape index (κ1) is 23.6. The summed E-state index contributed by atoms with van der Waals surface area (Å²) in [5, 5.41) is 22.9. The fraction of sp³-hybridized carbons (Fsp3) is 0.167. The summed E-state index contributed by atoms with van der Waals surface area (Å²) in [6, 6.07) is 21.1. The minimum Gasteiger partial charge on any atom is -0.490 e. The van der Waals surface area contributed by atoms with Crippen molar-refractivity contribution in [3.63, 3.8) is 0 Å². The molecule has 1 amide bonds. The number of anilines is 1. The number of nitro groups is 1. The van der Waals surface area contributed by atoms with E-state index in [2.05, 4.69) is 11.4 Å². The van der Waals surface area contributed by atoms with Crippen molar-refractivity contribution < 1.29 is 19.2 Å². The van der Waals surface area contributed by atoms with Gasteiger partial charge in [0, 0.05) is 23.6 Å². The molecule has 0 spiro atoms. The normalized spacial score (nSPS) is 10.2. The Morgan fingerprint density at radius 3 is 2.70 bits per heavy atom. The number of thioether (sulfide) groups is 1. The molecular formula is C24H21N3O5S. The lowest BCUT2D eigenvalue weighted by Gasteiger charge is -2.10. The van der Waals surface area contributed by atoms with Crippen LogP contribution in [0.15, 0.2) is 66.7 Å². The molecule has 0 radical (unpaired) electrons. The second-order valence-electron chi connectivity index (χ2n) is 6.93. The number of hydrogen-bond acceptors (Lipinski definition) is 7. The summed E-state index contributed by atoms with van der Waals surface area (Å²) in [5.74, 6) is 1.23. The highest BCUT2D eigenvalue weighted by Gasteiger charge is 2.15. The van der Waals surface area contributed by atoms with Crippen LogP contribution in [0.25, 0.3) is 0 Å².